The molecule has 0 aromatic heterocycles. The van der Waals surface area contributed by atoms with E-state index in [1.165, 1.54) is 12.1 Å². The lowest BCUT2D eigenvalue weighted by molar-refractivity contribution is 0.274. The van der Waals surface area contributed by atoms with E-state index in [-0.39, 0.29) is 5.82 Å². The van der Waals surface area contributed by atoms with Gasteiger partial charge in [0.05, 0.1) is 10.7 Å². The Balaban J connectivity index is 2.18. The van der Waals surface area contributed by atoms with Gasteiger partial charge in [0, 0.05) is 18.6 Å². The van der Waals surface area contributed by atoms with Gasteiger partial charge in [-0.15, -0.1) is 0 Å². The summed E-state index contributed by atoms with van der Waals surface area (Å²) in [7, 11) is 0. The number of halogens is 2. The summed E-state index contributed by atoms with van der Waals surface area (Å²) in [5, 5.41) is 4.04. The molecule has 1 heterocycles. The van der Waals surface area contributed by atoms with Gasteiger partial charge in [0.25, 0.3) is 0 Å². The number of benzene rings is 1. The Morgan fingerprint density at radius 2 is 2.16 bits per heavy atom. The van der Waals surface area contributed by atoms with Crippen LogP contribution in [0.3, 0.4) is 0 Å². The van der Waals surface area contributed by atoms with Crippen LogP contribution in [-0.4, -0.2) is 25.2 Å². The Kier molecular flexibility index (Phi) is 4.69. The van der Waals surface area contributed by atoms with E-state index in [2.05, 4.69) is 31.0 Å². The van der Waals surface area contributed by atoms with Crippen molar-refractivity contribution in [2.45, 2.75) is 39.3 Å². The summed E-state index contributed by atoms with van der Waals surface area (Å²) in [5.74, 6) is 0.256. The second-order valence-electron chi connectivity index (χ2n) is 5.34. The second kappa shape index (κ2) is 6.10. The van der Waals surface area contributed by atoms with Crippen LogP contribution in [-0.2, 0) is 0 Å². The van der Waals surface area contributed by atoms with Crippen LogP contribution < -0.4 is 10.2 Å². The predicted octanol–water partition coefficient (Wildman–Crippen LogP) is 3.69. The van der Waals surface area contributed by atoms with Crippen molar-refractivity contribution in [3.8, 4) is 0 Å². The van der Waals surface area contributed by atoms with Crippen LogP contribution in [0.2, 0.25) is 5.02 Å². The molecule has 1 aromatic carbocycles. The first kappa shape index (κ1) is 14.6. The van der Waals surface area contributed by atoms with Gasteiger partial charge in [-0.25, -0.2) is 4.39 Å². The molecule has 0 amide bonds. The number of piperidine rings is 1. The molecule has 0 spiro atoms. The van der Waals surface area contributed by atoms with Crippen LogP contribution in [0.5, 0.6) is 0 Å². The Bertz CT molecular complexity index is 438. The quantitative estimate of drug-likeness (QED) is 0.911. The molecular formula is C15H22ClFN2. The molecular weight excluding hydrogens is 263 g/mol. The van der Waals surface area contributed by atoms with Crippen LogP contribution in [0.15, 0.2) is 18.2 Å². The van der Waals surface area contributed by atoms with Crippen LogP contribution in [0.25, 0.3) is 0 Å². The van der Waals surface area contributed by atoms with E-state index in [1.54, 1.807) is 6.07 Å². The Labute approximate surface area is 119 Å². The van der Waals surface area contributed by atoms with Gasteiger partial charge in [0.15, 0.2) is 0 Å². The lowest BCUT2D eigenvalue weighted by Gasteiger charge is -2.44. The summed E-state index contributed by atoms with van der Waals surface area (Å²) in [4.78, 5) is 2.29. The Morgan fingerprint density at radius 3 is 2.79 bits per heavy atom. The van der Waals surface area contributed by atoms with E-state index >= 15 is 0 Å². The van der Waals surface area contributed by atoms with Crippen molar-refractivity contribution in [3.05, 3.63) is 29.0 Å². The number of hydrogen-bond acceptors (Lipinski definition) is 2. The highest BCUT2D eigenvalue weighted by Crippen LogP contribution is 2.33. The minimum atomic E-state index is -0.281. The van der Waals surface area contributed by atoms with Crippen molar-refractivity contribution in [2.24, 2.45) is 5.92 Å². The monoisotopic (exact) mass is 284 g/mol. The number of hydrogen-bond donors (Lipinski definition) is 1. The minimum absolute atomic E-state index is 0.281. The molecule has 1 aliphatic heterocycles. The summed E-state index contributed by atoms with van der Waals surface area (Å²) < 4.78 is 13.1. The molecule has 2 rings (SSSR count). The molecule has 1 fully saturated rings. The van der Waals surface area contributed by atoms with Gasteiger partial charge >= 0.3 is 0 Å². The van der Waals surface area contributed by atoms with E-state index in [1.807, 2.05) is 0 Å². The smallest absolute Gasteiger partial charge is 0.124 e. The maximum absolute atomic E-state index is 13.1. The van der Waals surface area contributed by atoms with Gasteiger partial charge < -0.3 is 10.2 Å². The molecule has 0 bridgehead atoms. The molecule has 3 atom stereocenters. The second-order valence-corrected chi connectivity index (χ2v) is 5.75. The van der Waals surface area contributed by atoms with Crippen molar-refractivity contribution < 1.29 is 4.39 Å². The van der Waals surface area contributed by atoms with E-state index in [0.717, 1.165) is 25.2 Å². The van der Waals surface area contributed by atoms with Crippen LogP contribution in [0, 0.1) is 11.7 Å². The Morgan fingerprint density at radius 1 is 1.42 bits per heavy atom. The van der Waals surface area contributed by atoms with Crippen molar-refractivity contribution in [3.63, 3.8) is 0 Å². The summed E-state index contributed by atoms with van der Waals surface area (Å²) >= 11 is 6.18. The lowest BCUT2D eigenvalue weighted by atomic mass is 9.86. The summed E-state index contributed by atoms with van der Waals surface area (Å²) in [5.41, 5.74) is 0.942. The first-order valence-electron chi connectivity index (χ1n) is 6.99. The molecule has 0 aliphatic carbocycles. The maximum Gasteiger partial charge on any atom is 0.124 e. The van der Waals surface area contributed by atoms with E-state index in [9.17, 15) is 4.39 Å². The van der Waals surface area contributed by atoms with Gasteiger partial charge in [0.2, 0.25) is 0 Å². The molecule has 0 radical (unpaired) electrons. The molecule has 1 aliphatic rings. The molecule has 3 unspecified atom stereocenters. The molecule has 19 heavy (non-hydrogen) atoms. The highest BCUT2D eigenvalue weighted by atomic mass is 35.5. The fraction of sp³-hybridized carbons (Fsp3) is 0.600. The van der Waals surface area contributed by atoms with Gasteiger partial charge in [-0.05, 0) is 44.0 Å². The minimum Gasteiger partial charge on any atom is -0.367 e. The predicted molar refractivity (Wildman–Crippen MR) is 79.5 cm³/mol. The van der Waals surface area contributed by atoms with E-state index in [0.29, 0.717) is 23.0 Å². The van der Waals surface area contributed by atoms with Crippen molar-refractivity contribution in [1.29, 1.82) is 0 Å². The molecule has 106 valence electrons. The zero-order valence-corrected chi connectivity index (χ0v) is 12.5. The third kappa shape index (κ3) is 3.03. The van der Waals surface area contributed by atoms with E-state index < -0.39 is 0 Å². The van der Waals surface area contributed by atoms with Gasteiger partial charge in [0.1, 0.15) is 5.82 Å². The molecule has 1 N–H and O–H groups in total. The topological polar surface area (TPSA) is 15.3 Å². The zero-order chi connectivity index (χ0) is 14.0. The maximum atomic E-state index is 13.1. The van der Waals surface area contributed by atoms with Gasteiger partial charge in [-0.1, -0.05) is 25.4 Å². The normalized spacial score (nSPS) is 27.6. The standard InChI is InChI=1S/C15H22ClFN2/c1-4-18-14-7-8-19(11(3)10(14)2)15-6-5-12(17)9-13(15)16/h5-6,9-11,14,18H,4,7-8H2,1-3H3. The van der Waals surface area contributed by atoms with Gasteiger partial charge in [-0.2, -0.15) is 0 Å². The zero-order valence-electron chi connectivity index (χ0n) is 11.8. The first-order valence-corrected chi connectivity index (χ1v) is 7.37. The average molecular weight is 285 g/mol. The average Bonchev–Trinajstić information content (AvgIpc) is 2.37. The van der Waals surface area contributed by atoms with Gasteiger partial charge in [-0.3, -0.25) is 0 Å². The molecule has 2 nitrogen and oxygen atoms in total. The number of nitrogens with zero attached hydrogens (tertiary/aromatic N) is 1. The molecule has 1 aromatic rings. The fourth-order valence-corrected chi connectivity index (χ4v) is 3.24. The SMILES string of the molecule is CCNC1CCN(c2ccc(F)cc2Cl)C(C)C1C. The third-order valence-corrected chi connectivity index (χ3v) is 4.56. The largest absolute Gasteiger partial charge is 0.367 e. The van der Waals surface area contributed by atoms with Crippen molar-refractivity contribution in [2.75, 3.05) is 18.0 Å². The summed E-state index contributed by atoms with van der Waals surface area (Å²) in [6, 6.07) is 5.60. The van der Waals surface area contributed by atoms with Crippen LogP contribution >= 0.6 is 11.6 Å². The summed E-state index contributed by atoms with van der Waals surface area (Å²) in [6.45, 7) is 8.57. The number of nitrogens with one attached hydrogen (secondary N) is 1. The van der Waals surface area contributed by atoms with E-state index in [4.69, 9.17) is 11.6 Å². The third-order valence-electron chi connectivity index (χ3n) is 4.25. The van der Waals surface area contributed by atoms with Crippen LogP contribution in [0.4, 0.5) is 10.1 Å². The number of rotatable bonds is 3. The Hall–Kier alpha value is -0.800. The molecule has 4 heteroatoms. The lowest BCUT2D eigenvalue weighted by Crippen LogP contribution is -2.53. The van der Waals surface area contributed by atoms with Crippen molar-refractivity contribution >= 4 is 17.3 Å². The molecule has 0 saturated carbocycles. The number of anilines is 1. The molecule has 1 saturated heterocycles. The highest BCUT2D eigenvalue weighted by molar-refractivity contribution is 6.33. The first-order chi connectivity index (χ1) is 9.04. The van der Waals surface area contributed by atoms with Crippen LogP contribution in [0.1, 0.15) is 27.2 Å². The summed E-state index contributed by atoms with van der Waals surface area (Å²) in [6.07, 6.45) is 1.09. The fourth-order valence-electron chi connectivity index (χ4n) is 2.97. The van der Waals surface area contributed by atoms with Crippen molar-refractivity contribution in [1.82, 2.24) is 5.32 Å². The highest BCUT2D eigenvalue weighted by Gasteiger charge is 2.32.